The number of unbranched alkanes of at least 4 members (excludes halogenated alkanes) is 19. The number of aliphatic hydroxyl groups excluding tert-OH is 2. The van der Waals surface area contributed by atoms with E-state index in [2.05, 4.69) is 179 Å². The largest absolute Gasteiger partial charge is 0.472 e. The first kappa shape index (κ1) is 92.2. The molecule has 4 N–H and O–H groups in total. The van der Waals surface area contributed by atoms with Crippen LogP contribution < -0.4 is 0 Å². The van der Waals surface area contributed by atoms with E-state index in [1.54, 1.807) is 0 Å². The molecule has 16 nitrogen and oxygen atoms in total. The Morgan fingerprint density at radius 1 is 0.299 bits per heavy atom. The molecule has 0 aliphatic carbocycles. The fraction of sp³-hybridized carbons (Fsp3) is 0.633. The highest BCUT2D eigenvalue weighted by Crippen LogP contribution is 2.45. The first-order valence-electron chi connectivity index (χ1n) is 36.8. The van der Waals surface area contributed by atoms with Crippen molar-refractivity contribution in [1.29, 1.82) is 0 Å². The molecule has 0 heterocycles. The van der Waals surface area contributed by atoms with Gasteiger partial charge in [0.2, 0.25) is 0 Å². The van der Waals surface area contributed by atoms with Crippen LogP contribution in [-0.4, -0.2) is 95.9 Å². The summed E-state index contributed by atoms with van der Waals surface area (Å²) in [5.74, 6) is -1.64. The van der Waals surface area contributed by atoms with Crippen molar-refractivity contribution in [2.75, 3.05) is 39.6 Å². The molecular weight excluding hydrogens is 1270 g/mol. The van der Waals surface area contributed by atoms with Gasteiger partial charge in [0.25, 0.3) is 0 Å². The fourth-order valence-corrected chi connectivity index (χ4v) is 10.7. The van der Waals surface area contributed by atoms with E-state index < -0.39 is 91.5 Å². The molecule has 0 aliphatic heterocycles. The van der Waals surface area contributed by atoms with E-state index in [0.717, 1.165) is 180 Å². The zero-order valence-corrected chi connectivity index (χ0v) is 61.7. The standard InChI is InChI=1S/C79H130O16P2/c1-4-7-10-13-16-19-22-25-28-31-33-35-36-38-40-42-44-47-50-53-56-59-62-65-77(82)89-68-74(80)69-91-96(85,86)92-70-75(81)71-93-97(87,88)94-73-76(95-79(84)67-64-61-58-55-52-49-46-41-30-27-24-21-18-15-12-9-6-3)72-90-78(83)66-63-60-57-54-51-48-45-43-39-37-34-32-29-26-23-20-17-14-11-8-5-2/h7,9-10,12,16-21,25-30,33-35,37-38,40,43,45-46,49,74-76,80-81H,4-6,8,11,13-15,22-24,31-32,36,39,41-42,44,47-48,50-73H2,1-3H3,(H,85,86)(H,87,88)/b10-7-,12-9-,19-16-,20-17-,21-18-,28-25-,29-26-,30-27-,35-33-,37-34-,40-38-,45-43-,49-46-. The Morgan fingerprint density at radius 3 is 0.866 bits per heavy atom. The van der Waals surface area contributed by atoms with E-state index in [1.165, 1.54) is 25.7 Å². The minimum absolute atomic E-state index is 0.0662. The number of hydrogen-bond acceptors (Lipinski definition) is 14. The molecule has 0 spiro atoms. The number of ether oxygens (including phenoxy) is 3. The van der Waals surface area contributed by atoms with Crippen LogP contribution in [0.25, 0.3) is 0 Å². The number of phosphoric ester groups is 2. The Kier molecular flexibility index (Phi) is 67.5. The van der Waals surface area contributed by atoms with E-state index >= 15 is 0 Å². The Hall–Kier alpha value is -4.83. The van der Waals surface area contributed by atoms with Crippen LogP contribution in [0.3, 0.4) is 0 Å². The number of carbonyl (C=O) groups excluding carboxylic acids is 3. The van der Waals surface area contributed by atoms with E-state index in [9.17, 15) is 43.5 Å². The maximum Gasteiger partial charge on any atom is 0.472 e. The van der Waals surface area contributed by atoms with Gasteiger partial charge in [-0.25, -0.2) is 9.13 Å². The summed E-state index contributed by atoms with van der Waals surface area (Å²) in [6.07, 6.45) is 87.1. The molecule has 0 amide bonds. The molecule has 0 rings (SSSR count). The second-order valence-corrected chi connectivity index (χ2v) is 26.9. The monoisotopic (exact) mass is 1400 g/mol. The minimum Gasteiger partial charge on any atom is -0.463 e. The number of allylic oxidation sites excluding steroid dienone is 26. The normalized spacial score (nSPS) is 15.0. The summed E-state index contributed by atoms with van der Waals surface area (Å²) in [6.45, 7) is 2.34. The molecule has 18 heteroatoms. The van der Waals surface area contributed by atoms with Gasteiger partial charge < -0.3 is 34.2 Å². The van der Waals surface area contributed by atoms with Gasteiger partial charge in [0, 0.05) is 19.3 Å². The Labute approximate surface area is 587 Å². The molecular formula is C79H130O16P2. The van der Waals surface area contributed by atoms with Crippen molar-refractivity contribution in [1.82, 2.24) is 0 Å². The number of carbonyl (C=O) groups is 3. The van der Waals surface area contributed by atoms with E-state index in [1.807, 2.05) is 0 Å². The van der Waals surface area contributed by atoms with E-state index in [4.69, 9.17) is 32.3 Å². The number of phosphoric acid groups is 2. The van der Waals surface area contributed by atoms with Crippen molar-refractivity contribution in [3.05, 3.63) is 158 Å². The zero-order chi connectivity index (χ0) is 70.9. The summed E-state index contributed by atoms with van der Waals surface area (Å²) in [5.41, 5.74) is 0. The quantitative estimate of drug-likeness (QED) is 0.0146. The summed E-state index contributed by atoms with van der Waals surface area (Å²) in [5, 5.41) is 20.6. The topological polar surface area (TPSA) is 231 Å². The van der Waals surface area contributed by atoms with Crippen LogP contribution in [-0.2, 0) is 55.8 Å². The highest BCUT2D eigenvalue weighted by molar-refractivity contribution is 7.47. The van der Waals surface area contributed by atoms with Gasteiger partial charge in [0.15, 0.2) is 6.10 Å². The minimum atomic E-state index is -4.95. The van der Waals surface area contributed by atoms with Crippen LogP contribution in [0.1, 0.15) is 265 Å². The average Bonchev–Trinajstić information content (AvgIpc) is 3.63. The third kappa shape index (κ3) is 72.2. The summed E-state index contributed by atoms with van der Waals surface area (Å²) in [7, 11) is -9.81. The van der Waals surface area contributed by atoms with Crippen molar-refractivity contribution >= 4 is 33.6 Å². The van der Waals surface area contributed by atoms with Crippen LogP contribution >= 0.6 is 15.6 Å². The summed E-state index contributed by atoms with van der Waals surface area (Å²) >= 11 is 0. The van der Waals surface area contributed by atoms with E-state index in [-0.39, 0.29) is 19.3 Å². The van der Waals surface area contributed by atoms with Crippen molar-refractivity contribution in [3.63, 3.8) is 0 Å². The molecule has 0 saturated heterocycles. The molecule has 0 bridgehead atoms. The van der Waals surface area contributed by atoms with Crippen molar-refractivity contribution in [3.8, 4) is 0 Å². The van der Waals surface area contributed by atoms with Crippen LogP contribution in [0.5, 0.6) is 0 Å². The van der Waals surface area contributed by atoms with Gasteiger partial charge in [-0.15, -0.1) is 0 Å². The molecule has 0 aromatic carbocycles. The second-order valence-electron chi connectivity index (χ2n) is 24.0. The third-order valence-electron chi connectivity index (χ3n) is 14.7. The molecule has 0 radical (unpaired) electrons. The molecule has 5 atom stereocenters. The molecule has 5 unspecified atom stereocenters. The van der Waals surface area contributed by atoms with Crippen molar-refractivity contribution < 1.29 is 75.8 Å². The molecule has 0 saturated carbocycles. The van der Waals surface area contributed by atoms with Gasteiger partial charge in [-0.05, 0) is 148 Å². The maximum absolute atomic E-state index is 13.0. The van der Waals surface area contributed by atoms with Gasteiger partial charge in [-0.2, -0.15) is 0 Å². The predicted molar refractivity (Wildman–Crippen MR) is 399 cm³/mol. The average molecular weight is 1400 g/mol. The highest BCUT2D eigenvalue weighted by atomic mass is 31.2. The number of rotatable bonds is 68. The van der Waals surface area contributed by atoms with Gasteiger partial charge >= 0.3 is 33.6 Å². The smallest absolute Gasteiger partial charge is 0.463 e. The van der Waals surface area contributed by atoms with Crippen molar-refractivity contribution in [2.24, 2.45) is 0 Å². The molecule has 0 aliphatic rings. The van der Waals surface area contributed by atoms with E-state index in [0.29, 0.717) is 19.3 Å². The van der Waals surface area contributed by atoms with Crippen LogP contribution in [0.15, 0.2) is 158 Å². The lowest BCUT2D eigenvalue weighted by molar-refractivity contribution is -0.161. The number of hydrogen-bond donors (Lipinski definition) is 4. The zero-order valence-electron chi connectivity index (χ0n) is 59.9. The van der Waals surface area contributed by atoms with Gasteiger partial charge in [-0.1, -0.05) is 256 Å². The SMILES string of the molecule is CC/C=C\C/C=C\C/C=C\C/C=C\C/C=C\CCCCCCCCCC(=O)OCC(O)COP(=O)(O)OCC(O)COP(=O)(O)OCC(COC(=O)CCCCCCC/C=C\C/C=C\C/C=C\C/C=C\CCCCC)OC(=O)CCCCCC/C=C\C/C=C\C/C=C\C/C=C\CC. The first-order valence-corrected chi connectivity index (χ1v) is 39.8. The fourth-order valence-electron chi connectivity index (χ4n) is 9.16. The Morgan fingerprint density at radius 2 is 0.546 bits per heavy atom. The lowest BCUT2D eigenvalue weighted by Crippen LogP contribution is -2.30. The van der Waals surface area contributed by atoms with Gasteiger partial charge in [-0.3, -0.25) is 32.5 Å². The first-order chi connectivity index (χ1) is 47.2. The summed E-state index contributed by atoms with van der Waals surface area (Å²) in [4.78, 5) is 58.6. The van der Waals surface area contributed by atoms with Crippen LogP contribution in [0.4, 0.5) is 0 Å². The lowest BCUT2D eigenvalue weighted by Gasteiger charge is -2.21. The molecule has 0 aromatic heterocycles. The molecule has 0 fully saturated rings. The Balaban J connectivity index is 4.73. The molecule has 552 valence electrons. The predicted octanol–water partition coefficient (Wildman–Crippen LogP) is 21.1. The number of aliphatic hydroxyl groups is 2. The lowest BCUT2D eigenvalue weighted by atomic mass is 10.1. The second kappa shape index (κ2) is 71.0. The summed E-state index contributed by atoms with van der Waals surface area (Å²) in [6, 6.07) is 0. The van der Waals surface area contributed by atoms with Crippen LogP contribution in [0.2, 0.25) is 0 Å². The molecule has 0 aromatic rings. The van der Waals surface area contributed by atoms with Gasteiger partial charge in [0.1, 0.15) is 25.4 Å². The van der Waals surface area contributed by atoms with Crippen LogP contribution in [0, 0.1) is 0 Å². The van der Waals surface area contributed by atoms with Crippen molar-refractivity contribution in [2.45, 2.75) is 283 Å². The maximum atomic E-state index is 13.0. The number of esters is 3. The third-order valence-corrected chi connectivity index (χ3v) is 16.6. The highest BCUT2D eigenvalue weighted by Gasteiger charge is 2.29. The Bertz CT molecular complexity index is 2400. The molecule has 97 heavy (non-hydrogen) atoms. The summed E-state index contributed by atoms with van der Waals surface area (Å²) < 4.78 is 61.0. The van der Waals surface area contributed by atoms with Gasteiger partial charge in [0.05, 0.1) is 26.4 Å².